The van der Waals surface area contributed by atoms with Crippen molar-refractivity contribution in [3.8, 4) is 0 Å². The third-order valence-electron chi connectivity index (χ3n) is 8.31. The lowest BCUT2D eigenvalue weighted by atomic mass is 9.46. The lowest BCUT2D eigenvalue weighted by molar-refractivity contribution is -0.125. The summed E-state index contributed by atoms with van der Waals surface area (Å²) < 4.78 is 0. The minimum absolute atomic E-state index is 0.0887. The molecule has 0 amide bonds. The molecule has 122 valence electrons. The van der Waals surface area contributed by atoms with Gasteiger partial charge in [-0.3, -0.25) is 4.79 Å². The Bertz CT molecular complexity index is 536. The molecule has 0 spiro atoms. The first kappa shape index (κ1) is 14.9. The standard InChI is InChI=1S/C20H30O2/c1-12-11-20(3)13(10-17(12)21)4-5-14-15-6-7-18(22)19(15,2)9-8-16(14)20/h11,13-16,18,22H,4-10H2,1-3H3/t13-,14-,15-,16-,18+,19-,20-/m0/s1. The molecule has 22 heavy (non-hydrogen) atoms. The monoisotopic (exact) mass is 302 g/mol. The molecule has 4 rings (SSSR count). The Morgan fingerprint density at radius 1 is 1.09 bits per heavy atom. The van der Waals surface area contributed by atoms with Crippen molar-refractivity contribution < 1.29 is 9.90 Å². The second kappa shape index (κ2) is 4.69. The second-order valence-electron chi connectivity index (χ2n) is 9.11. The van der Waals surface area contributed by atoms with E-state index in [-0.39, 0.29) is 16.9 Å². The van der Waals surface area contributed by atoms with E-state index < -0.39 is 0 Å². The maximum atomic E-state index is 12.1. The zero-order valence-corrected chi connectivity index (χ0v) is 14.3. The van der Waals surface area contributed by atoms with Gasteiger partial charge in [-0.05, 0) is 85.5 Å². The van der Waals surface area contributed by atoms with Crippen LogP contribution < -0.4 is 0 Å². The van der Waals surface area contributed by atoms with Gasteiger partial charge in [0.15, 0.2) is 5.78 Å². The average Bonchev–Trinajstić information content (AvgIpc) is 2.77. The first-order valence-electron chi connectivity index (χ1n) is 9.27. The predicted molar refractivity (Wildman–Crippen MR) is 87.3 cm³/mol. The number of carbonyl (C=O) groups is 1. The maximum absolute atomic E-state index is 12.1. The zero-order valence-electron chi connectivity index (χ0n) is 14.3. The van der Waals surface area contributed by atoms with Crippen LogP contribution in [-0.4, -0.2) is 17.0 Å². The van der Waals surface area contributed by atoms with Gasteiger partial charge in [0.05, 0.1) is 6.10 Å². The fourth-order valence-corrected chi connectivity index (χ4v) is 6.92. The number of Topliss-reactive ketones (excluding diaryl/α,β-unsaturated/α-hetero) is 1. The van der Waals surface area contributed by atoms with Crippen molar-refractivity contribution in [2.24, 2.45) is 34.5 Å². The van der Waals surface area contributed by atoms with Crippen molar-refractivity contribution in [3.63, 3.8) is 0 Å². The smallest absolute Gasteiger partial charge is 0.158 e. The van der Waals surface area contributed by atoms with E-state index in [2.05, 4.69) is 19.9 Å². The number of hydrogen-bond acceptors (Lipinski definition) is 2. The number of carbonyl (C=O) groups excluding carboxylic acids is 1. The summed E-state index contributed by atoms with van der Waals surface area (Å²) in [6.07, 6.45) is 10.1. The fourth-order valence-electron chi connectivity index (χ4n) is 6.92. The highest BCUT2D eigenvalue weighted by molar-refractivity contribution is 5.96. The van der Waals surface area contributed by atoms with Crippen molar-refractivity contribution in [3.05, 3.63) is 11.6 Å². The van der Waals surface area contributed by atoms with Crippen LogP contribution in [0.1, 0.15) is 65.7 Å². The Morgan fingerprint density at radius 2 is 1.86 bits per heavy atom. The van der Waals surface area contributed by atoms with Crippen LogP contribution in [0.5, 0.6) is 0 Å². The summed E-state index contributed by atoms with van der Waals surface area (Å²) >= 11 is 0. The molecule has 3 fully saturated rings. The number of hydrogen-bond donors (Lipinski definition) is 1. The van der Waals surface area contributed by atoms with Crippen LogP contribution in [0.25, 0.3) is 0 Å². The molecule has 0 heterocycles. The van der Waals surface area contributed by atoms with Gasteiger partial charge in [-0.25, -0.2) is 0 Å². The Hall–Kier alpha value is -0.630. The molecular formula is C20H30O2. The van der Waals surface area contributed by atoms with E-state index in [0.717, 1.165) is 30.3 Å². The molecule has 3 saturated carbocycles. The summed E-state index contributed by atoms with van der Waals surface area (Å²) in [7, 11) is 0. The lowest BCUT2D eigenvalue weighted by Gasteiger charge is -2.58. The van der Waals surface area contributed by atoms with E-state index in [1.807, 2.05) is 6.92 Å². The van der Waals surface area contributed by atoms with Crippen molar-refractivity contribution in [2.45, 2.75) is 71.8 Å². The molecule has 1 N–H and O–H groups in total. The lowest BCUT2D eigenvalue weighted by Crippen LogP contribution is -2.53. The van der Waals surface area contributed by atoms with E-state index >= 15 is 0 Å². The molecule has 0 aromatic heterocycles. The van der Waals surface area contributed by atoms with Crippen LogP contribution in [0.2, 0.25) is 0 Å². The quantitative estimate of drug-likeness (QED) is 0.730. The zero-order chi connectivity index (χ0) is 15.7. The van der Waals surface area contributed by atoms with Gasteiger partial charge in [-0.15, -0.1) is 0 Å². The minimum atomic E-state index is -0.0887. The molecule has 7 atom stereocenters. The van der Waals surface area contributed by atoms with Gasteiger partial charge in [-0.2, -0.15) is 0 Å². The van der Waals surface area contributed by atoms with Crippen molar-refractivity contribution >= 4 is 5.78 Å². The van der Waals surface area contributed by atoms with E-state index in [0.29, 0.717) is 17.6 Å². The molecule has 0 unspecified atom stereocenters. The van der Waals surface area contributed by atoms with E-state index in [1.165, 1.54) is 32.1 Å². The Labute approximate surface area is 134 Å². The molecule has 2 nitrogen and oxygen atoms in total. The van der Waals surface area contributed by atoms with E-state index in [4.69, 9.17) is 0 Å². The normalized spacial score (nSPS) is 54.3. The Balaban J connectivity index is 1.70. The molecule has 0 bridgehead atoms. The Kier molecular flexibility index (Phi) is 3.18. The third kappa shape index (κ3) is 1.79. The van der Waals surface area contributed by atoms with Crippen molar-refractivity contribution in [1.29, 1.82) is 0 Å². The van der Waals surface area contributed by atoms with Crippen LogP contribution in [0.3, 0.4) is 0 Å². The van der Waals surface area contributed by atoms with Crippen LogP contribution >= 0.6 is 0 Å². The second-order valence-corrected chi connectivity index (χ2v) is 9.11. The summed E-state index contributed by atoms with van der Waals surface area (Å²) in [5.74, 6) is 3.11. The van der Waals surface area contributed by atoms with Crippen LogP contribution in [0.4, 0.5) is 0 Å². The number of ketones is 1. The highest BCUT2D eigenvalue weighted by Gasteiger charge is 2.59. The molecule has 4 aliphatic carbocycles. The van der Waals surface area contributed by atoms with Crippen LogP contribution in [-0.2, 0) is 4.79 Å². The SMILES string of the molecule is CC1=C[C@@]2(C)[C@@H](CC[C@@H]3[C@@H]2CC[C@]2(C)[C@H](O)CC[C@@H]32)CC1=O. The summed E-state index contributed by atoms with van der Waals surface area (Å²) in [6, 6.07) is 0. The highest BCUT2D eigenvalue weighted by Crippen LogP contribution is 2.65. The first-order valence-corrected chi connectivity index (χ1v) is 9.27. The number of rotatable bonds is 0. The molecular weight excluding hydrogens is 272 g/mol. The molecule has 2 heteroatoms. The summed E-state index contributed by atoms with van der Waals surface area (Å²) in [5.41, 5.74) is 1.38. The third-order valence-corrected chi connectivity index (χ3v) is 8.31. The van der Waals surface area contributed by atoms with E-state index in [9.17, 15) is 9.90 Å². The largest absolute Gasteiger partial charge is 0.393 e. The number of allylic oxidation sites excluding steroid dienone is 2. The molecule has 0 aromatic rings. The molecule has 0 saturated heterocycles. The maximum Gasteiger partial charge on any atom is 0.158 e. The average molecular weight is 302 g/mol. The first-order chi connectivity index (χ1) is 10.4. The topological polar surface area (TPSA) is 37.3 Å². The summed E-state index contributed by atoms with van der Waals surface area (Å²) in [5, 5.41) is 10.5. The predicted octanol–water partition coefficient (Wildman–Crippen LogP) is 4.13. The van der Waals surface area contributed by atoms with Gasteiger partial charge < -0.3 is 5.11 Å². The Morgan fingerprint density at radius 3 is 2.64 bits per heavy atom. The number of aliphatic hydroxyl groups is 1. The van der Waals surface area contributed by atoms with Gasteiger partial charge >= 0.3 is 0 Å². The van der Waals surface area contributed by atoms with Gasteiger partial charge in [0.2, 0.25) is 0 Å². The minimum Gasteiger partial charge on any atom is -0.393 e. The van der Waals surface area contributed by atoms with Gasteiger partial charge in [0.1, 0.15) is 0 Å². The fraction of sp³-hybridized carbons (Fsp3) is 0.850. The van der Waals surface area contributed by atoms with E-state index in [1.54, 1.807) is 0 Å². The number of aliphatic hydroxyl groups excluding tert-OH is 1. The summed E-state index contributed by atoms with van der Waals surface area (Å²) in [6.45, 7) is 6.78. The van der Waals surface area contributed by atoms with Crippen LogP contribution in [0, 0.1) is 34.5 Å². The van der Waals surface area contributed by atoms with Gasteiger partial charge in [0, 0.05) is 6.42 Å². The van der Waals surface area contributed by atoms with Gasteiger partial charge in [0.25, 0.3) is 0 Å². The molecule has 0 aromatic carbocycles. The van der Waals surface area contributed by atoms with Crippen molar-refractivity contribution in [2.75, 3.05) is 0 Å². The molecule has 4 aliphatic rings. The summed E-state index contributed by atoms with van der Waals surface area (Å²) in [4.78, 5) is 12.1. The highest BCUT2D eigenvalue weighted by atomic mass is 16.3. The van der Waals surface area contributed by atoms with Gasteiger partial charge in [-0.1, -0.05) is 19.9 Å². The van der Waals surface area contributed by atoms with Crippen LogP contribution in [0.15, 0.2) is 11.6 Å². The number of fused-ring (bicyclic) bond motifs is 5. The van der Waals surface area contributed by atoms with Crippen molar-refractivity contribution in [1.82, 2.24) is 0 Å². The molecule has 0 aliphatic heterocycles. The molecule has 0 radical (unpaired) electrons.